The fourth-order valence-electron chi connectivity index (χ4n) is 5.64. The highest BCUT2D eigenvalue weighted by atomic mass is 16.6. The van der Waals surface area contributed by atoms with Gasteiger partial charge in [0.05, 0.1) is 20.8 Å². The maximum Gasteiger partial charge on any atom is 0.351 e. The second-order valence-corrected chi connectivity index (χ2v) is 10.7. The van der Waals surface area contributed by atoms with Gasteiger partial charge < -0.3 is 29.4 Å². The van der Waals surface area contributed by atoms with Gasteiger partial charge >= 0.3 is 5.69 Å². The number of ether oxygens (including phenoxy) is 4. The lowest BCUT2D eigenvalue weighted by molar-refractivity contribution is -0.123. The molecule has 1 saturated heterocycles. The van der Waals surface area contributed by atoms with Crippen LogP contribution in [-0.2, 0) is 15.1 Å². The molecule has 5 aromatic rings. The molecular formula is C36H33N3O7. The molecule has 2 heterocycles. The first kappa shape index (κ1) is 30.7. The first-order valence-electron chi connectivity index (χ1n) is 14.7. The minimum Gasteiger partial charge on any atom is -0.497 e. The largest absolute Gasteiger partial charge is 0.497 e. The smallest absolute Gasteiger partial charge is 0.351 e. The van der Waals surface area contributed by atoms with Gasteiger partial charge in [0.15, 0.2) is 6.23 Å². The average molecular weight is 620 g/mol. The third-order valence-corrected chi connectivity index (χ3v) is 7.97. The summed E-state index contributed by atoms with van der Waals surface area (Å²) in [4.78, 5) is 30.1. The van der Waals surface area contributed by atoms with Crippen LogP contribution in [0.3, 0.4) is 0 Å². The van der Waals surface area contributed by atoms with Crippen LogP contribution in [0.5, 0.6) is 11.5 Å². The number of aromatic nitrogens is 2. The number of nitrogens with one attached hydrogen (secondary N) is 1. The van der Waals surface area contributed by atoms with Crippen LogP contribution in [0.25, 0.3) is 0 Å². The molecule has 3 atom stereocenters. The zero-order valence-electron chi connectivity index (χ0n) is 25.3. The molecule has 6 rings (SSSR count). The maximum atomic E-state index is 13.4. The van der Waals surface area contributed by atoms with Gasteiger partial charge in [0.25, 0.3) is 5.91 Å². The number of anilines is 1. The van der Waals surface area contributed by atoms with E-state index in [-0.39, 0.29) is 12.4 Å². The van der Waals surface area contributed by atoms with E-state index in [0.717, 1.165) is 16.7 Å². The van der Waals surface area contributed by atoms with E-state index in [1.54, 1.807) is 44.6 Å². The Morgan fingerprint density at radius 1 is 0.826 bits per heavy atom. The molecule has 1 fully saturated rings. The van der Waals surface area contributed by atoms with E-state index in [1.807, 2.05) is 78.9 Å². The molecule has 10 heteroatoms. The molecule has 46 heavy (non-hydrogen) atoms. The van der Waals surface area contributed by atoms with Gasteiger partial charge in [-0.2, -0.15) is 4.98 Å². The number of carbonyl (C=O) groups excluding carboxylic acids is 1. The summed E-state index contributed by atoms with van der Waals surface area (Å²) < 4.78 is 25.2. The summed E-state index contributed by atoms with van der Waals surface area (Å²) in [7, 11) is 3.20. The first-order chi connectivity index (χ1) is 22.4. The Labute approximate surface area is 265 Å². The number of benzene rings is 4. The SMILES string of the molecule is COc1ccc(C(O[C@H]2[C@H](n3ccc(NC(=O)c4ccccc4)nc3=O)OC[C@@H]2O)(c2ccccc2)c2ccc(OC)cc2)cc1. The summed E-state index contributed by atoms with van der Waals surface area (Å²) in [6.07, 6.45) is -1.67. The van der Waals surface area contributed by atoms with Gasteiger partial charge in [0.1, 0.15) is 35.1 Å². The number of carbonyl (C=O) groups is 1. The molecule has 234 valence electrons. The van der Waals surface area contributed by atoms with E-state index in [9.17, 15) is 14.7 Å². The van der Waals surface area contributed by atoms with Crippen molar-refractivity contribution in [1.29, 1.82) is 0 Å². The standard InChI is InChI=1S/C36H33N3O7/c1-43-28-17-13-26(14-18-28)36(25-11-7-4-8-12-25,27-15-19-29(44-2)20-16-27)46-32-30(40)23-45-34(32)39-22-21-31(38-35(39)42)37-33(41)24-9-5-3-6-10-24/h3-22,30,32,34,40H,23H2,1-2H3,(H,37,38,41,42)/t30-,32+,34+/m0/s1. The number of nitrogens with zero attached hydrogens (tertiary/aromatic N) is 2. The number of hydrogen-bond donors (Lipinski definition) is 2. The molecule has 2 N–H and O–H groups in total. The Morgan fingerprint density at radius 3 is 1.91 bits per heavy atom. The van der Waals surface area contributed by atoms with Gasteiger partial charge in [-0.3, -0.25) is 9.36 Å². The Morgan fingerprint density at radius 2 is 1.37 bits per heavy atom. The molecule has 10 nitrogen and oxygen atoms in total. The molecule has 0 spiro atoms. The number of aliphatic hydroxyl groups is 1. The van der Waals surface area contributed by atoms with Gasteiger partial charge in [-0.15, -0.1) is 0 Å². The predicted molar refractivity (Wildman–Crippen MR) is 171 cm³/mol. The minimum atomic E-state index is -1.27. The fourth-order valence-corrected chi connectivity index (χ4v) is 5.64. The molecular weight excluding hydrogens is 586 g/mol. The summed E-state index contributed by atoms with van der Waals surface area (Å²) in [6.45, 7) is -0.0790. The summed E-state index contributed by atoms with van der Waals surface area (Å²) in [5, 5.41) is 13.9. The third kappa shape index (κ3) is 6.01. The van der Waals surface area contributed by atoms with E-state index < -0.39 is 35.6 Å². The highest BCUT2D eigenvalue weighted by Crippen LogP contribution is 2.45. The van der Waals surface area contributed by atoms with Gasteiger partial charge in [-0.05, 0) is 59.2 Å². The fraction of sp³-hybridized carbons (Fsp3) is 0.194. The van der Waals surface area contributed by atoms with Crippen LogP contribution in [0, 0.1) is 0 Å². The number of rotatable bonds is 10. The van der Waals surface area contributed by atoms with Crippen molar-refractivity contribution in [3.63, 3.8) is 0 Å². The highest BCUT2D eigenvalue weighted by molar-refractivity contribution is 6.03. The van der Waals surface area contributed by atoms with E-state index in [0.29, 0.717) is 17.1 Å². The number of amides is 1. The van der Waals surface area contributed by atoms with Crippen LogP contribution < -0.4 is 20.5 Å². The molecule has 0 saturated carbocycles. The Kier molecular flexibility index (Phi) is 8.93. The minimum absolute atomic E-state index is 0.0790. The van der Waals surface area contributed by atoms with Crippen LogP contribution in [0.15, 0.2) is 126 Å². The normalized spacial score (nSPS) is 17.8. The van der Waals surface area contributed by atoms with Gasteiger partial charge in [0, 0.05) is 11.8 Å². The molecule has 4 aromatic carbocycles. The van der Waals surface area contributed by atoms with Crippen LogP contribution in [-0.4, -0.2) is 53.6 Å². The lowest BCUT2D eigenvalue weighted by atomic mass is 9.79. The van der Waals surface area contributed by atoms with Crippen LogP contribution in [0.4, 0.5) is 5.82 Å². The highest BCUT2D eigenvalue weighted by Gasteiger charge is 2.47. The Balaban J connectivity index is 1.41. The monoisotopic (exact) mass is 619 g/mol. The van der Waals surface area contributed by atoms with Crippen molar-refractivity contribution in [2.45, 2.75) is 24.0 Å². The zero-order chi connectivity index (χ0) is 32.1. The number of hydrogen-bond acceptors (Lipinski definition) is 8. The van der Waals surface area contributed by atoms with Crippen molar-refractivity contribution < 1.29 is 28.8 Å². The predicted octanol–water partition coefficient (Wildman–Crippen LogP) is 4.78. The quantitative estimate of drug-likeness (QED) is 0.214. The summed E-state index contributed by atoms with van der Waals surface area (Å²) in [6, 6.07) is 34.8. The average Bonchev–Trinajstić information content (AvgIpc) is 3.46. The molecule has 1 aromatic heterocycles. The molecule has 0 bridgehead atoms. The number of aliphatic hydroxyl groups excluding tert-OH is 1. The van der Waals surface area contributed by atoms with Crippen molar-refractivity contribution in [1.82, 2.24) is 9.55 Å². The summed E-state index contributed by atoms with van der Waals surface area (Å²) in [5.41, 5.74) is 0.778. The lowest BCUT2D eigenvalue weighted by Crippen LogP contribution is -2.44. The Bertz CT molecular complexity index is 1780. The molecule has 0 aliphatic carbocycles. The van der Waals surface area contributed by atoms with Crippen molar-refractivity contribution in [2.75, 3.05) is 26.1 Å². The van der Waals surface area contributed by atoms with Crippen molar-refractivity contribution >= 4 is 11.7 Å². The molecule has 0 unspecified atom stereocenters. The first-order valence-corrected chi connectivity index (χ1v) is 14.7. The van der Waals surface area contributed by atoms with Gasteiger partial charge in [-0.25, -0.2) is 4.79 Å². The van der Waals surface area contributed by atoms with E-state index in [1.165, 1.54) is 16.8 Å². The topological polar surface area (TPSA) is 121 Å². The van der Waals surface area contributed by atoms with E-state index in [4.69, 9.17) is 18.9 Å². The van der Waals surface area contributed by atoms with Gasteiger partial charge in [0.2, 0.25) is 0 Å². The second-order valence-electron chi connectivity index (χ2n) is 10.7. The van der Waals surface area contributed by atoms with Crippen molar-refractivity contribution in [3.05, 3.63) is 154 Å². The summed E-state index contributed by atoms with van der Waals surface area (Å²) >= 11 is 0. The summed E-state index contributed by atoms with van der Waals surface area (Å²) in [5.74, 6) is 1.02. The number of methoxy groups -OCH3 is 2. The van der Waals surface area contributed by atoms with E-state index >= 15 is 0 Å². The maximum absolute atomic E-state index is 13.4. The lowest BCUT2D eigenvalue weighted by Gasteiger charge is -2.40. The van der Waals surface area contributed by atoms with Crippen LogP contribution in [0.2, 0.25) is 0 Å². The van der Waals surface area contributed by atoms with Gasteiger partial charge in [-0.1, -0.05) is 72.8 Å². The Hall–Kier alpha value is -5.29. The molecule has 1 aliphatic rings. The third-order valence-electron chi connectivity index (χ3n) is 7.97. The zero-order valence-corrected chi connectivity index (χ0v) is 25.3. The molecule has 0 radical (unpaired) electrons. The molecule has 1 aliphatic heterocycles. The second kappa shape index (κ2) is 13.4. The van der Waals surface area contributed by atoms with E-state index in [2.05, 4.69) is 10.3 Å². The van der Waals surface area contributed by atoms with Crippen LogP contribution >= 0.6 is 0 Å². The van der Waals surface area contributed by atoms with Crippen molar-refractivity contribution in [3.8, 4) is 11.5 Å². The van der Waals surface area contributed by atoms with Crippen molar-refractivity contribution in [2.24, 2.45) is 0 Å². The van der Waals surface area contributed by atoms with Crippen LogP contribution in [0.1, 0.15) is 33.3 Å². The molecule has 1 amide bonds.